The molecule has 0 radical (unpaired) electrons. The molecule has 2 aromatic rings. The Labute approximate surface area is 135 Å². The summed E-state index contributed by atoms with van der Waals surface area (Å²) in [6.45, 7) is 1.92. The van der Waals surface area contributed by atoms with Gasteiger partial charge in [0.25, 0.3) is 5.91 Å². The van der Waals surface area contributed by atoms with E-state index in [0.29, 0.717) is 18.7 Å². The molecule has 1 amide bonds. The molecule has 1 aromatic heterocycles. The second kappa shape index (κ2) is 6.83. The molecule has 1 saturated heterocycles. The van der Waals surface area contributed by atoms with E-state index in [4.69, 9.17) is 10.5 Å². The van der Waals surface area contributed by atoms with Crippen molar-refractivity contribution in [3.63, 3.8) is 0 Å². The van der Waals surface area contributed by atoms with Gasteiger partial charge in [-0.05, 0) is 30.5 Å². The molecule has 0 unspecified atom stereocenters. The number of hydrogen-bond donors (Lipinski definition) is 1. The van der Waals surface area contributed by atoms with Crippen LogP contribution in [-0.2, 0) is 6.54 Å². The molecule has 1 atom stereocenters. The van der Waals surface area contributed by atoms with Gasteiger partial charge < -0.3 is 15.4 Å². The number of carbonyl (C=O) groups excluding carboxylic acids is 1. The molecular weight excluding hydrogens is 292 g/mol. The van der Waals surface area contributed by atoms with Gasteiger partial charge in [-0.15, -0.1) is 0 Å². The van der Waals surface area contributed by atoms with Crippen LogP contribution in [0.5, 0.6) is 5.75 Å². The minimum atomic E-state index is 0.0268. The predicted molar refractivity (Wildman–Crippen MR) is 87.4 cm³/mol. The Morgan fingerprint density at radius 1 is 1.39 bits per heavy atom. The first-order valence-electron chi connectivity index (χ1n) is 7.87. The lowest BCUT2D eigenvalue weighted by Gasteiger charge is -2.22. The Hall–Kier alpha value is -2.34. The van der Waals surface area contributed by atoms with E-state index in [2.05, 4.69) is 5.10 Å². The van der Waals surface area contributed by atoms with Crippen molar-refractivity contribution in [3.8, 4) is 5.75 Å². The normalized spacial score (nSPS) is 17.5. The topological polar surface area (TPSA) is 73.4 Å². The maximum Gasteiger partial charge on any atom is 0.257 e. The number of likely N-dealkylation sites (tertiary alicyclic amines) is 1. The number of rotatable bonds is 5. The molecule has 0 spiro atoms. The van der Waals surface area contributed by atoms with Gasteiger partial charge in [-0.1, -0.05) is 12.1 Å². The van der Waals surface area contributed by atoms with Gasteiger partial charge in [0.2, 0.25) is 0 Å². The molecule has 23 heavy (non-hydrogen) atoms. The van der Waals surface area contributed by atoms with Gasteiger partial charge in [-0.2, -0.15) is 5.10 Å². The van der Waals surface area contributed by atoms with Crippen LogP contribution in [-0.4, -0.2) is 46.8 Å². The largest absolute Gasteiger partial charge is 0.497 e. The third kappa shape index (κ3) is 3.37. The Bertz CT molecular complexity index is 665. The van der Waals surface area contributed by atoms with E-state index in [9.17, 15) is 4.79 Å². The standard InChI is InChI=1S/C17H22N4O2/c1-23-16-6-4-13(5-7-16)11-20-12-14(10-19-20)17(22)21-8-2-3-15(21)9-18/h4-7,10,12,15H,2-3,8-9,11,18H2,1H3/t15-/m1/s1. The molecular formula is C17H22N4O2. The highest BCUT2D eigenvalue weighted by atomic mass is 16.5. The molecule has 2 heterocycles. The van der Waals surface area contributed by atoms with Crippen LogP contribution >= 0.6 is 0 Å². The van der Waals surface area contributed by atoms with Crippen LogP contribution in [0.3, 0.4) is 0 Å². The molecule has 0 bridgehead atoms. The van der Waals surface area contributed by atoms with Gasteiger partial charge in [0.05, 0.1) is 25.4 Å². The number of carbonyl (C=O) groups is 1. The zero-order valence-corrected chi connectivity index (χ0v) is 13.3. The van der Waals surface area contributed by atoms with E-state index >= 15 is 0 Å². The molecule has 6 heteroatoms. The average Bonchev–Trinajstić information content (AvgIpc) is 3.24. The van der Waals surface area contributed by atoms with Crippen LogP contribution in [0, 0.1) is 0 Å². The number of nitrogens with zero attached hydrogens (tertiary/aromatic N) is 3. The first kappa shape index (κ1) is 15.6. The lowest BCUT2D eigenvalue weighted by atomic mass is 10.2. The number of benzene rings is 1. The fourth-order valence-electron chi connectivity index (χ4n) is 2.99. The summed E-state index contributed by atoms with van der Waals surface area (Å²) >= 11 is 0. The Morgan fingerprint density at radius 2 is 2.17 bits per heavy atom. The number of nitrogens with two attached hydrogens (primary N) is 1. The van der Waals surface area contributed by atoms with Crippen molar-refractivity contribution >= 4 is 5.91 Å². The van der Waals surface area contributed by atoms with E-state index in [1.165, 1.54) is 0 Å². The van der Waals surface area contributed by atoms with Gasteiger partial charge in [-0.25, -0.2) is 0 Å². The predicted octanol–water partition coefficient (Wildman–Crippen LogP) is 1.50. The fourth-order valence-corrected chi connectivity index (χ4v) is 2.99. The van der Waals surface area contributed by atoms with Crippen LogP contribution in [0.25, 0.3) is 0 Å². The molecule has 3 rings (SSSR count). The van der Waals surface area contributed by atoms with Gasteiger partial charge in [0.1, 0.15) is 5.75 Å². The Kier molecular flexibility index (Phi) is 4.62. The Balaban J connectivity index is 1.68. The van der Waals surface area contributed by atoms with Crippen molar-refractivity contribution in [2.45, 2.75) is 25.4 Å². The lowest BCUT2D eigenvalue weighted by molar-refractivity contribution is 0.0741. The summed E-state index contributed by atoms with van der Waals surface area (Å²) in [4.78, 5) is 14.4. The number of methoxy groups -OCH3 is 1. The van der Waals surface area contributed by atoms with Crippen LogP contribution < -0.4 is 10.5 Å². The summed E-state index contributed by atoms with van der Waals surface area (Å²) in [5.74, 6) is 0.853. The van der Waals surface area contributed by atoms with Gasteiger partial charge >= 0.3 is 0 Å². The minimum absolute atomic E-state index is 0.0268. The third-order valence-corrected chi connectivity index (χ3v) is 4.29. The van der Waals surface area contributed by atoms with Crippen LogP contribution in [0.15, 0.2) is 36.7 Å². The molecule has 1 aromatic carbocycles. The highest BCUT2D eigenvalue weighted by Crippen LogP contribution is 2.19. The summed E-state index contributed by atoms with van der Waals surface area (Å²) in [5.41, 5.74) is 7.48. The van der Waals surface area contributed by atoms with Gasteiger partial charge in [0, 0.05) is 25.3 Å². The number of hydrogen-bond acceptors (Lipinski definition) is 4. The van der Waals surface area contributed by atoms with Crippen molar-refractivity contribution < 1.29 is 9.53 Å². The molecule has 6 nitrogen and oxygen atoms in total. The lowest BCUT2D eigenvalue weighted by Crippen LogP contribution is -2.39. The smallest absolute Gasteiger partial charge is 0.257 e. The van der Waals surface area contributed by atoms with Crippen LogP contribution in [0.2, 0.25) is 0 Å². The summed E-state index contributed by atoms with van der Waals surface area (Å²) < 4.78 is 6.93. The number of amides is 1. The zero-order chi connectivity index (χ0) is 16.2. The first-order valence-corrected chi connectivity index (χ1v) is 7.87. The average molecular weight is 314 g/mol. The van der Waals surface area contributed by atoms with Crippen molar-refractivity contribution in [1.29, 1.82) is 0 Å². The molecule has 122 valence electrons. The summed E-state index contributed by atoms with van der Waals surface area (Å²) in [7, 11) is 1.65. The maximum absolute atomic E-state index is 12.6. The van der Waals surface area contributed by atoms with E-state index in [0.717, 1.165) is 30.7 Å². The van der Waals surface area contributed by atoms with Gasteiger partial charge in [-0.3, -0.25) is 9.48 Å². The second-order valence-corrected chi connectivity index (χ2v) is 5.80. The number of aromatic nitrogens is 2. The van der Waals surface area contributed by atoms with Crippen molar-refractivity contribution in [2.75, 3.05) is 20.2 Å². The maximum atomic E-state index is 12.6. The van der Waals surface area contributed by atoms with E-state index in [-0.39, 0.29) is 11.9 Å². The summed E-state index contributed by atoms with van der Waals surface area (Å²) in [6, 6.07) is 7.98. The summed E-state index contributed by atoms with van der Waals surface area (Å²) in [5, 5.41) is 4.30. The van der Waals surface area contributed by atoms with Gasteiger partial charge in [0.15, 0.2) is 0 Å². The van der Waals surface area contributed by atoms with E-state index < -0.39 is 0 Å². The number of ether oxygens (including phenoxy) is 1. The third-order valence-electron chi connectivity index (χ3n) is 4.29. The van der Waals surface area contributed by atoms with Crippen molar-refractivity contribution in [3.05, 3.63) is 47.8 Å². The van der Waals surface area contributed by atoms with Crippen molar-refractivity contribution in [2.24, 2.45) is 5.73 Å². The van der Waals surface area contributed by atoms with Crippen LogP contribution in [0.4, 0.5) is 0 Å². The molecule has 1 aliphatic rings. The second-order valence-electron chi connectivity index (χ2n) is 5.80. The zero-order valence-electron chi connectivity index (χ0n) is 13.3. The SMILES string of the molecule is COc1ccc(Cn2cc(C(=O)N3CCC[C@@H]3CN)cn2)cc1. The monoisotopic (exact) mass is 314 g/mol. The van der Waals surface area contributed by atoms with E-state index in [1.807, 2.05) is 29.2 Å². The first-order chi connectivity index (χ1) is 11.2. The molecule has 0 saturated carbocycles. The highest BCUT2D eigenvalue weighted by Gasteiger charge is 2.28. The molecule has 1 aliphatic heterocycles. The Morgan fingerprint density at radius 3 is 2.87 bits per heavy atom. The van der Waals surface area contributed by atoms with Crippen molar-refractivity contribution in [1.82, 2.24) is 14.7 Å². The minimum Gasteiger partial charge on any atom is -0.497 e. The summed E-state index contributed by atoms with van der Waals surface area (Å²) in [6.07, 6.45) is 5.45. The fraction of sp³-hybridized carbons (Fsp3) is 0.412. The van der Waals surface area contributed by atoms with Crippen LogP contribution in [0.1, 0.15) is 28.8 Å². The molecule has 2 N–H and O–H groups in total. The highest BCUT2D eigenvalue weighted by molar-refractivity contribution is 5.94. The molecule has 1 fully saturated rings. The van der Waals surface area contributed by atoms with E-state index in [1.54, 1.807) is 24.2 Å². The quantitative estimate of drug-likeness (QED) is 0.908. The molecule has 0 aliphatic carbocycles.